The van der Waals surface area contributed by atoms with Gasteiger partial charge in [0, 0.05) is 10.7 Å². The van der Waals surface area contributed by atoms with E-state index in [1.807, 2.05) is 0 Å². The minimum Gasteiger partial charge on any atom is -0.497 e. The third kappa shape index (κ3) is 5.77. The number of methoxy groups -OCH3 is 1. The van der Waals surface area contributed by atoms with Crippen molar-refractivity contribution in [2.24, 2.45) is 0 Å². The predicted octanol–water partition coefficient (Wildman–Crippen LogP) is 4.28. The van der Waals surface area contributed by atoms with Gasteiger partial charge in [0.25, 0.3) is 5.91 Å². The lowest BCUT2D eigenvalue weighted by Crippen LogP contribution is -2.42. The first kappa shape index (κ1) is 19.3. The quantitative estimate of drug-likeness (QED) is 0.735. The molecule has 1 amide bonds. The first-order valence-electron chi connectivity index (χ1n) is 7.26. The molecule has 0 saturated carbocycles. The molecular weight excluding hydrogens is 383 g/mol. The number of ether oxygens (including phenoxy) is 2. The van der Waals surface area contributed by atoms with Gasteiger partial charge in [0.1, 0.15) is 11.5 Å². The van der Waals surface area contributed by atoms with Gasteiger partial charge in [0.2, 0.25) is 0 Å². The molecule has 132 valence electrons. The minimum absolute atomic E-state index is 0.160. The summed E-state index contributed by atoms with van der Waals surface area (Å²) < 4.78 is 10.6. The zero-order chi connectivity index (χ0) is 18.4. The van der Waals surface area contributed by atoms with Crippen LogP contribution in [0, 0.1) is 0 Å². The Hall–Kier alpha value is -2.02. The number of rotatable bonds is 5. The Labute approximate surface area is 161 Å². The van der Waals surface area contributed by atoms with Crippen LogP contribution < -0.4 is 20.1 Å². The molecule has 0 radical (unpaired) electrons. The van der Waals surface area contributed by atoms with Crippen LogP contribution >= 0.6 is 35.4 Å². The Morgan fingerprint density at radius 1 is 1.16 bits per heavy atom. The third-order valence-electron chi connectivity index (χ3n) is 3.15. The van der Waals surface area contributed by atoms with Crippen molar-refractivity contribution >= 4 is 52.1 Å². The smallest absolute Gasteiger partial charge is 0.266 e. The molecule has 5 nitrogen and oxygen atoms in total. The van der Waals surface area contributed by atoms with Crippen LogP contribution in [0.25, 0.3) is 0 Å². The Balaban J connectivity index is 1.89. The lowest BCUT2D eigenvalue weighted by Gasteiger charge is -2.16. The highest BCUT2D eigenvalue weighted by atomic mass is 35.5. The highest BCUT2D eigenvalue weighted by molar-refractivity contribution is 7.80. The van der Waals surface area contributed by atoms with Gasteiger partial charge < -0.3 is 14.8 Å². The maximum Gasteiger partial charge on any atom is 0.266 e. The Kier molecular flexibility index (Phi) is 6.87. The van der Waals surface area contributed by atoms with Crippen LogP contribution in [0.3, 0.4) is 0 Å². The average molecular weight is 399 g/mol. The van der Waals surface area contributed by atoms with Crippen molar-refractivity contribution < 1.29 is 14.3 Å². The molecule has 0 heterocycles. The van der Waals surface area contributed by atoms with Crippen LogP contribution in [0.5, 0.6) is 11.5 Å². The molecule has 2 aromatic rings. The normalized spacial score (nSPS) is 11.4. The van der Waals surface area contributed by atoms with Crippen LogP contribution in [-0.2, 0) is 4.79 Å². The number of hydrogen-bond donors (Lipinski definition) is 2. The van der Waals surface area contributed by atoms with Gasteiger partial charge in [-0.05, 0) is 61.6 Å². The number of halogens is 2. The second-order valence-corrected chi connectivity index (χ2v) is 6.26. The number of carbonyl (C=O) groups excluding carboxylic acids is 1. The van der Waals surface area contributed by atoms with E-state index >= 15 is 0 Å². The van der Waals surface area contributed by atoms with Gasteiger partial charge in [-0.25, -0.2) is 0 Å². The number of amides is 1. The highest BCUT2D eigenvalue weighted by Gasteiger charge is 2.17. The first-order valence-corrected chi connectivity index (χ1v) is 8.43. The summed E-state index contributed by atoms with van der Waals surface area (Å²) >= 11 is 17.0. The van der Waals surface area contributed by atoms with Crippen LogP contribution in [0.4, 0.5) is 5.69 Å². The summed E-state index contributed by atoms with van der Waals surface area (Å²) in [5.74, 6) is 0.683. The van der Waals surface area contributed by atoms with E-state index in [2.05, 4.69) is 10.6 Å². The summed E-state index contributed by atoms with van der Waals surface area (Å²) in [7, 11) is 1.58. The molecule has 1 unspecified atom stereocenters. The van der Waals surface area contributed by atoms with Gasteiger partial charge in [-0.2, -0.15) is 0 Å². The molecule has 0 aliphatic carbocycles. The number of thiocarbonyl (C=S) groups is 1. The van der Waals surface area contributed by atoms with E-state index in [9.17, 15) is 4.79 Å². The summed E-state index contributed by atoms with van der Waals surface area (Å²) in [5.41, 5.74) is 0.723. The largest absolute Gasteiger partial charge is 0.497 e. The molecule has 2 aromatic carbocycles. The van der Waals surface area contributed by atoms with Gasteiger partial charge in [-0.15, -0.1) is 0 Å². The summed E-state index contributed by atoms with van der Waals surface area (Å²) in [5, 5.41) is 6.44. The summed E-state index contributed by atoms with van der Waals surface area (Å²) in [4.78, 5) is 12.2. The molecule has 0 fully saturated rings. The van der Waals surface area contributed by atoms with Crippen molar-refractivity contribution in [2.45, 2.75) is 13.0 Å². The van der Waals surface area contributed by atoms with Crippen LogP contribution in [0.15, 0.2) is 42.5 Å². The van der Waals surface area contributed by atoms with E-state index in [1.165, 1.54) is 0 Å². The fourth-order valence-electron chi connectivity index (χ4n) is 1.86. The second kappa shape index (κ2) is 8.89. The van der Waals surface area contributed by atoms with Crippen molar-refractivity contribution in [2.75, 3.05) is 12.4 Å². The number of hydrogen-bond acceptors (Lipinski definition) is 4. The standard InChI is InChI=1S/C17H16Cl2N2O3S/c1-10(24-15-8-3-11(18)9-14(15)19)16(22)21-17(25)20-12-4-6-13(23-2)7-5-12/h3-10H,1-2H3,(H2,20,21,22,25). The molecule has 0 aromatic heterocycles. The number of benzene rings is 2. The monoisotopic (exact) mass is 398 g/mol. The van der Waals surface area contributed by atoms with E-state index in [4.69, 9.17) is 44.9 Å². The molecule has 0 aliphatic rings. The van der Waals surface area contributed by atoms with Crippen molar-refractivity contribution in [3.63, 3.8) is 0 Å². The zero-order valence-electron chi connectivity index (χ0n) is 13.5. The molecule has 0 spiro atoms. The lowest BCUT2D eigenvalue weighted by molar-refractivity contribution is -0.125. The van der Waals surface area contributed by atoms with Gasteiger partial charge in [0.15, 0.2) is 11.2 Å². The Bertz CT molecular complexity index is 769. The van der Waals surface area contributed by atoms with Crippen molar-refractivity contribution in [1.82, 2.24) is 5.32 Å². The van der Waals surface area contributed by atoms with E-state index in [1.54, 1.807) is 56.5 Å². The van der Waals surface area contributed by atoms with Gasteiger partial charge in [-0.1, -0.05) is 23.2 Å². The van der Waals surface area contributed by atoms with Gasteiger partial charge >= 0.3 is 0 Å². The van der Waals surface area contributed by atoms with Gasteiger partial charge in [-0.3, -0.25) is 10.1 Å². The molecule has 0 saturated heterocycles. The maximum atomic E-state index is 12.2. The number of carbonyl (C=O) groups is 1. The fraction of sp³-hybridized carbons (Fsp3) is 0.176. The van der Waals surface area contributed by atoms with Crippen molar-refractivity contribution in [3.05, 3.63) is 52.5 Å². The molecule has 0 bridgehead atoms. The van der Waals surface area contributed by atoms with Crippen LogP contribution in [-0.4, -0.2) is 24.2 Å². The van der Waals surface area contributed by atoms with Gasteiger partial charge in [0.05, 0.1) is 12.1 Å². The summed E-state index contributed by atoms with van der Waals surface area (Å²) in [6.45, 7) is 1.59. The number of anilines is 1. The van der Waals surface area contributed by atoms with E-state index in [0.29, 0.717) is 15.8 Å². The second-order valence-electron chi connectivity index (χ2n) is 5.01. The molecule has 8 heteroatoms. The van der Waals surface area contributed by atoms with E-state index < -0.39 is 12.0 Å². The van der Waals surface area contributed by atoms with E-state index in [0.717, 1.165) is 11.4 Å². The minimum atomic E-state index is -0.797. The Morgan fingerprint density at radius 2 is 1.84 bits per heavy atom. The van der Waals surface area contributed by atoms with Crippen molar-refractivity contribution in [1.29, 1.82) is 0 Å². The summed E-state index contributed by atoms with van der Waals surface area (Å²) in [6.07, 6.45) is -0.797. The van der Waals surface area contributed by atoms with Crippen LogP contribution in [0.1, 0.15) is 6.92 Å². The topological polar surface area (TPSA) is 59.6 Å². The molecular formula is C17H16Cl2N2O3S. The fourth-order valence-corrected chi connectivity index (χ4v) is 2.54. The molecule has 1 atom stereocenters. The zero-order valence-corrected chi connectivity index (χ0v) is 15.8. The average Bonchev–Trinajstić information content (AvgIpc) is 2.57. The molecule has 2 rings (SSSR count). The molecule has 2 N–H and O–H groups in total. The van der Waals surface area contributed by atoms with Crippen molar-refractivity contribution in [3.8, 4) is 11.5 Å². The first-order chi connectivity index (χ1) is 11.9. The molecule has 25 heavy (non-hydrogen) atoms. The van der Waals surface area contributed by atoms with Crippen LogP contribution in [0.2, 0.25) is 10.0 Å². The summed E-state index contributed by atoms with van der Waals surface area (Å²) in [6, 6.07) is 11.9. The predicted molar refractivity (Wildman–Crippen MR) is 104 cm³/mol. The third-order valence-corrected chi connectivity index (χ3v) is 3.89. The lowest BCUT2D eigenvalue weighted by atomic mass is 10.3. The van der Waals surface area contributed by atoms with E-state index in [-0.39, 0.29) is 5.11 Å². The SMILES string of the molecule is COc1ccc(NC(=S)NC(=O)C(C)Oc2ccc(Cl)cc2Cl)cc1. The Morgan fingerprint density at radius 3 is 2.44 bits per heavy atom. The maximum absolute atomic E-state index is 12.2. The highest BCUT2D eigenvalue weighted by Crippen LogP contribution is 2.28. The molecule has 0 aliphatic heterocycles. The number of nitrogens with one attached hydrogen (secondary N) is 2.